The zero-order chi connectivity index (χ0) is 27.8. The van der Waals surface area contributed by atoms with Gasteiger partial charge >= 0.3 is 0 Å². The number of benzene rings is 2. The Hall–Kier alpha value is -4.02. The first-order valence-corrected chi connectivity index (χ1v) is 12.8. The molecule has 1 saturated heterocycles. The third-order valence-corrected chi connectivity index (χ3v) is 6.49. The van der Waals surface area contributed by atoms with Gasteiger partial charge in [0.05, 0.1) is 33.1 Å². The number of nitrogens with one attached hydrogen (secondary N) is 2. The van der Waals surface area contributed by atoms with Crippen LogP contribution >= 0.6 is 11.6 Å². The number of anilines is 1. The maximum Gasteiger partial charge on any atom is 0.287 e. The van der Waals surface area contributed by atoms with E-state index in [1.54, 1.807) is 48.5 Å². The van der Waals surface area contributed by atoms with Gasteiger partial charge in [0.15, 0.2) is 17.3 Å². The summed E-state index contributed by atoms with van der Waals surface area (Å²) in [4.78, 5) is 41.4. The topological polar surface area (TPSA) is 119 Å². The average Bonchev–Trinajstić information content (AvgIpc) is 3.68. The smallest absolute Gasteiger partial charge is 0.287 e. The molecule has 1 aliphatic heterocycles. The number of furan rings is 1. The van der Waals surface area contributed by atoms with E-state index in [1.165, 1.54) is 31.4 Å². The van der Waals surface area contributed by atoms with Gasteiger partial charge in [0.25, 0.3) is 5.91 Å². The maximum atomic E-state index is 13.8. The SMILES string of the molecule is COc1ccc([C@@H](C(=O)NC[C@@H]2CCCO2)N(C(=O)CNC(=O)c2ccco2)c2cccc(Cl)c2)cc1OC. The van der Waals surface area contributed by atoms with Crippen molar-refractivity contribution in [3.63, 3.8) is 0 Å². The molecule has 0 spiro atoms. The Morgan fingerprint density at radius 1 is 1.05 bits per heavy atom. The fourth-order valence-electron chi connectivity index (χ4n) is 4.36. The van der Waals surface area contributed by atoms with E-state index < -0.39 is 30.3 Å². The number of rotatable bonds is 11. The minimum absolute atomic E-state index is 0.0582. The highest BCUT2D eigenvalue weighted by Gasteiger charge is 2.34. The zero-order valence-electron chi connectivity index (χ0n) is 21.6. The van der Waals surface area contributed by atoms with Gasteiger partial charge in [0, 0.05) is 23.9 Å². The van der Waals surface area contributed by atoms with E-state index in [0.717, 1.165) is 12.8 Å². The van der Waals surface area contributed by atoms with E-state index >= 15 is 0 Å². The van der Waals surface area contributed by atoms with Gasteiger partial charge in [-0.1, -0.05) is 23.7 Å². The number of carbonyl (C=O) groups is 3. The van der Waals surface area contributed by atoms with Crippen LogP contribution in [-0.4, -0.2) is 57.7 Å². The number of amides is 3. The van der Waals surface area contributed by atoms with E-state index in [9.17, 15) is 14.4 Å². The lowest BCUT2D eigenvalue weighted by molar-refractivity contribution is -0.126. The molecule has 11 heteroatoms. The molecule has 2 aromatic carbocycles. The van der Waals surface area contributed by atoms with Gasteiger partial charge in [-0.15, -0.1) is 0 Å². The summed E-state index contributed by atoms with van der Waals surface area (Å²) in [5.41, 5.74) is 0.829. The first-order chi connectivity index (χ1) is 18.9. The minimum Gasteiger partial charge on any atom is -0.493 e. The monoisotopic (exact) mass is 555 g/mol. The van der Waals surface area contributed by atoms with Crippen LogP contribution in [0.4, 0.5) is 5.69 Å². The molecule has 2 atom stereocenters. The summed E-state index contributed by atoms with van der Waals surface area (Å²) in [5.74, 6) is -0.650. The predicted octanol–water partition coefficient (Wildman–Crippen LogP) is 3.75. The molecule has 3 amide bonds. The standard InChI is InChI=1S/C28H30ClN3O7/c1-36-22-11-10-18(14-24(22)37-2)26(28(35)30-16-21-8-4-12-38-21)32(20-7-3-6-19(29)15-20)25(33)17-31-27(34)23-9-5-13-39-23/h3,5-7,9-11,13-15,21,26H,4,8,12,16-17H2,1-2H3,(H,30,35)(H,31,34)/t21-,26-/m0/s1. The van der Waals surface area contributed by atoms with E-state index in [0.29, 0.717) is 34.4 Å². The quantitative estimate of drug-likeness (QED) is 0.370. The molecule has 0 saturated carbocycles. The summed E-state index contributed by atoms with van der Waals surface area (Å²) in [6, 6.07) is 13.5. The molecule has 0 aliphatic carbocycles. The molecule has 0 unspecified atom stereocenters. The number of carbonyl (C=O) groups excluding carboxylic acids is 3. The number of hydrogen-bond acceptors (Lipinski definition) is 7. The molecule has 0 radical (unpaired) electrons. The highest BCUT2D eigenvalue weighted by Crippen LogP contribution is 2.35. The van der Waals surface area contributed by atoms with Crippen LogP contribution in [0.3, 0.4) is 0 Å². The Balaban J connectivity index is 1.71. The van der Waals surface area contributed by atoms with Crippen molar-refractivity contribution >= 4 is 35.0 Å². The summed E-state index contributed by atoms with van der Waals surface area (Å²) in [6.07, 6.45) is 3.00. The van der Waals surface area contributed by atoms with Crippen molar-refractivity contribution in [3.8, 4) is 11.5 Å². The Morgan fingerprint density at radius 2 is 1.87 bits per heavy atom. The van der Waals surface area contributed by atoms with Gasteiger partial charge in [-0.05, 0) is 60.9 Å². The number of halogens is 1. The number of hydrogen-bond donors (Lipinski definition) is 2. The molecule has 1 aromatic heterocycles. The minimum atomic E-state index is -1.14. The highest BCUT2D eigenvalue weighted by molar-refractivity contribution is 6.31. The third-order valence-electron chi connectivity index (χ3n) is 6.26. The van der Waals surface area contributed by atoms with Crippen molar-refractivity contribution in [2.75, 3.05) is 38.8 Å². The first kappa shape index (κ1) is 28.0. The van der Waals surface area contributed by atoms with Crippen molar-refractivity contribution in [3.05, 3.63) is 77.2 Å². The van der Waals surface area contributed by atoms with E-state index in [2.05, 4.69) is 10.6 Å². The molecule has 0 bridgehead atoms. The lowest BCUT2D eigenvalue weighted by atomic mass is 10.0. The van der Waals surface area contributed by atoms with Crippen LogP contribution in [0, 0.1) is 0 Å². The molecule has 1 aliphatic rings. The molecule has 1 fully saturated rings. The fraction of sp³-hybridized carbons (Fsp3) is 0.321. The van der Waals surface area contributed by atoms with Crippen LogP contribution in [0.2, 0.25) is 5.02 Å². The molecule has 3 aromatic rings. The lowest BCUT2D eigenvalue weighted by Crippen LogP contribution is -2.48. The number of methoxy groups -OCH3 is 2. The van der Waals surface area contributed by atoms with E-state index in [4.69, 9.17) is 30.2 Å². The van der Waals surface area contributed by atoms with Crippen LogP contribution in [0.1, 0.15) is 35.0 Å². The summed E-state index contributed by atoms with van der Waals surface area (Å²) in [7, 11) is 2.99. The van der Waals surface area contributed by atoms with Gasteiger partial charge in [0.2, 0.25) is 11.8 Å². The summed E-state index contributed by atoms with van der Waals surface area (Å²) in [6.45, 7) is 0.520. The molecule has 206 valence electrons. The Morgan fingerprint density at radius 3 is 2.54 bits per heavy atom. The van der Waals surface area contributed by atoms with Gasteiger partial charge in [-0.3, -0.25) is 19.3 Å². The molecule has 2 heterocycles. The molecule has 39 heavy (non-hydrogen) atoms. The van der Waals surface area contributed by atoms with Gasteiger partial charge in [-0.25, -0.2) is 0 Å². The first-order valence-electron chi connectivity index (χ1n) is 12.4. The second-order valence-corrected chi connectivity index (χ2v) is 9.24. The molecular weight excluding hydrogens is 526 g/mol. The maximum absolute atomic E-state index is 13.8. The highest BCUT2D eigenvalue weighted by atomic mass is 35.5. The Bertz CT molecular complexity index is 1290. The number of ether oxygens (including phenoxy) is 3. The molecule has 2 N–H and O–H groups in total. The van der Waals surface area contributed by atoms with Crippen molar-refractivity contribution in [1.29, 1.82) is 0 Å². The van der Waals surface area contributed by atoms with E-state index in [1.807, 2.05) is 0 Å². The van der Waals surface area contributed by atoms with Crippen LogP contribution in [-0.2, 0) is 14.3 Å². The van der Waals surface area contributed by atoms with Gasteiger partial charge in [0.1, 0.15) is 6.04 Å². The van der Waals surface area contributed by atoms with Gasteiger partial charge in [-0.2, -0.15) is 0 Å². The third kappa shape index (κ3) is 6.90. The van der Waals surface area contributed by atoms with E-state index in [-0.39, 0.29) is 18.4 Å². The summed E-state index contributed by atoms with van der Waals surface area (Å²) >= 11 is 6.28. The average molecular weight is 556 g/mol. The normalized spacial score (nSPS) is 15.3. The second kappa shape index (κ2) is 13.2. The van der Waals surface area contributed by atoms with Gasteiger partial charge < -0.3 is 29.3 Å². The van der Waals surface area contributed by atoms with Crippen LogP contribution < -0.4 is 25.0 Å². The van der Waals surface area contributed by atoms with Crippen LogP contribution in [0.5, 0.6) is 11.5 Å². The second-order valence-electron chi connectivity index (χ2n) is 8.80. The number of nitrogens with zero attached hydrogens (tertiary/aromatic N) is 1. The molecule has 4 rings (SSSR count). The zero-order valence-corrected chi connectivity index (χ0v) is 22.4. The van der Waals surface area contributed by atoms with Crippen LogP contribution in [0.25, 0.3) is 0 Å². The largest absolute Gasteiger partial charge is 0.493 e. The van der Waals surface area contributed by atoms with Crippen molar-refractivity contribution in [2.45, 2.75) is 25.0 Å². The van der Waals surface area contributed by atoms with Crippen LogP contribution in [0.15, 0.2) is 65.3 Å². The Kier molecular flexibility index (Phi) is 9.45. The van der Waals surface area contributed by atoms with Crippen molar-refractivity contribution < 1.29 is 33.0 Å². The summed E-state index contributed by atoms with van der Waals surface area (Å²) < 4.78 is 21.6. The Labute approximate surface area is 231 Å². The lowest BCUT2D eigenvalue weighted by Gasteiger charge is -2.32. The van der Waals surface area contributed by atoms with Crippen molar-refractivity contribution in [1.82, 2.24) is 10.6 Å². The fourth-order valence-corrected chi connectivity index (χ4v) is 4.54. The molecule has 10 nitrogen and oxygen atoms in total. The summed E-state index contributed by atoms with van der Waals surface area (Å²) in [5, 5.41) is 5.86. The van der Waals surface area contributed by atoms with Crippen molar-refractivity contribution in [2.24, 2.45) is 0 Å². The predicted molar refractivity (Wildman–Crippen MR) is 144 cm³/mol. The molecular formula is C28H30ClN3O7.